The van der Waals surface area contributed by atoms with Gasteiger partial charge in [0.15, 0.2) is 0 Å². The van der Waals surface area contributed by atoms with Crippen LogP contribution in [0, 0.1) is 0 Å². The second-order valence-corrected chi connectivity index (χ2v) is 4.80. The summed E-state index contributed by atoms with van der Waals surface area (Å²) in [4.78, 5) is 0. The minimum atomic E-state index is -4.37. The van der Waals surface area contributed by atoms with Gasteiger partial charge in [-0.15, -0.1) is 10.2 Å². The van der Waals surface area contributed by atoms with Crippen LogP contribution in [-0.4, -0.2) is 10.2 Å². The molecule has 0 spiro atoms. The van der Waals surface area contributed by atoms with Crippen molar-refractivity contribution in [2.75, 3.05) is 5.32 Å². The van der Waals surface area contributed by atoms with Gasteiger partial charge in [0.25, 0.3) is 0 Å². The SMILES string of the molecule is FC(F)(F)c1cccc(NCc2nnc(-c3ccccc3)o2)c1. The summed E-state index contributed by atoms with van der Waals surface area (Å²) in [5, 5.41) is 10.6. The van der Waals surface area contributed by atoms with Gasteiger partial charge in [-0.2, -0.15) is 13.2 Å². The van der Waals surface area contributed by atoms with E-state index in [0.29, 0.717) is 17.5 Å². The molecule has 0 bridgehead atoms. The van der Waals surface area contributed by atoms with Gasteiger partial charge in [0.2, 0.25) is 11.8 Å². The number of hydrogen-bond donors (Lipinski definition) is 1. The van der Waals surface area contributed by atoms with Crippen molar-refractivity contribution in [2.45, 2.75) is 12.7 Å². The van der Waals surface area contributed by atoms with E-state index in [1.54, 1.807) is 6.07 Å². The van der Waals surface area contributed by atoms with E-state index in [9.17, 15) is 13.2 Å². The number of alkyl halides is 3. The zero-order valence-corrected chi connectivity index (χ0v) is 11.8. The molecule has 1 N–H and O–H groups in total. The Labute approximate surface area is 130 Å². The molecular weight excluding hydrogens is 307 g/mol. The normalized spacial score (nSPS) is 11.4. The summed E-state index contributed by atoms with van der Waals surface area (Å²) in [5.41, 5.74) is 0.405. The Morgan fingerprint density at radius 2 is 1.74 bits per heavy atom. The minimum Gasteiger partial charge on any atom is -0.419 e. The van der Waals surface area contributed by atoms with Gasteiger partial charge in [-0.25, -0.2) is 0 Å². The van der Waals surface area contributed by atoms with Gasteiger partial charge < -0.3 is 9.73 Å². The third-order valence-electron chi connectivity index (χ3n) is 3.12. The highest BCUT2D eigenvalue weighted by Gasteiger charge is 2.30. The molecule has 0 aliphatic carbocycles. The molecule has 0 aliphatic rings. The van der Waals surface area contributed by atoms with Crippen molar-refractivity contribution in [2.24, 2.45) is 0 Å². The lowest BCUT2D eigenvalue weighted by molar-refractivity contribution is -0.137. The minimum absolute atomic E-state index is 0.140. The van der Waals surface area contributed by atoms with Crippen LogP contribution in [-0.2, 0) is 12.7 Å². The molecule has 0 saturated heterocycles. The summed E-state index contributed by atoms with van der Waals surface area (Å²) in [7, 11) is 0. The number of rotatable bonds is 4. The smallest absolute Gasteiger partial charge is 0.416 e. The Kier molecular flexibility index (Phi) is 4.01. The summed E-state index contributed by atoms with van der Waals surface area (Å²) in [5.74, 6) is 0.660. The Balaban J connectivity index is 1.69. The highest BCUT2D eigenvalue weighted by molar-refractivity contribution is 5.52. The molecule has 0 fully saturated rings. The van der Waals surface area contributed by atoms with Gasteiger partial charge in [0.05, 0.1) is 12.1 Å². The van der Waals surface area contributed by atoms with Gasteiger partial charge in [0.1, 0.15) is 0 Å². The van der Waals surface area contributed by atoms with E-state index >= 15 is 0 Å². The molecule has 0 aliphatic heterocycles. The maximum atomic E-state index is 12.7. The van der Waals surface area contributed by atoms with Crippen LogP contribution in [0.5, 0.6) is 0 Å². The molecule has 3 aromatic rings. The molecule has 2 aromatic carbocycles. The first-order chi connectivity index (χ1) is 11.0. The summed E-state index contributed by atoms with van der Waals surface area (Å²) in [6, 6.07) is 14.2. The summed E-state index contributed by atoms with van der Waals surface area (Å²) in [6.45, 7) is 0.140. The fourth-order valence-corrected chi connectivity index (χ4v) is 2.01. The van der Waals surface area contributed by atoms with Crippen molar-refractivity contribution in [1.29, 1.82) is 0 Å². The summed E-state index contributed by atoms with van der Waals surface area (Å²) in [6.07, 6.45) is -4.37. The number of anilines is 1. The number of nitrogens with zero attached hydrogens (tertiary/aromatic N) is 2. The number of benzene rings is 2. The second-order valence-electron chi connectivity index (χ2n) is 4.80. The number of halogens is 3. The van der Waals surface area contributed by atoms with Crippen molar-refractivity contribution >= 4 is 5.69 Å². The van der Waals surface area contributed by atoms with Gasteiger partial charge in [0, 0.05) is 11.3 Å². The summed E-state index contributed by atoms with van der Waals surface area (Å²) >= 11 is 0. The molecular formula is C16H12F3N3O. The lowest BCUT2D eigenvalue weighted by Gasteiger charge is -2.09. The molecule has 118 valence electrons. The maximum absolute atomic E-state index is 12.7. The molecule has 0 saturated carbocycles. The fraction of sp³-hybridized carbons (Fsp3) is 0.125. The average Bonchev–Trinajstić information content (AvgIpc) is 3.02. The molecule has 0 atom stereocenters. The van der Waals surface area contributed by atoms with Gasteiger partial charge in [-0.3, -0.25) is 0 Å². The molecule has 0 amide bonds. The van der Waals surface area contributed by atoms with Crippen molar-refractivity contribution in [3.05, 3.63) is 66.1 Å². The van der Waals surface area contributed by atoms with E-state index in [-0.39, 0.29) is 6.54 Å². The molecule has 0 unspecified atom stereocenters. The summed E-state index contributed by atoms with van der Waals surface area (Å²) < 4.78 is 43.4. The molecule has 3 rings (SSSR count). The predicted octanol–water partition coefficient (Wildman–Crippen LogP) is 4.37. The fourth-order valence-electron chi connectivity index (χ4n) is 2.01. The lowest BCUT2D eigenvalue weighted by Crippen LogP contribution is -2.06. The van der Waals surface area contributed by atoms with E-state index in [2.05, 4.69) is 15.5 Å². The Hall–Kier alpha value is -2.83. The molecule has 4 nitrogen and oxygen atoms in total. The molecule has 23 heavy (non-hydrogen) atoms. The molecule has 0 radical (unpaired) electrons. The molecule has 1 aromatic heterocycles. The van der Waals surface area contributed by atoms with Crippen LogP contribution in [0.2, 0.25) is 0 Å². The van der Waals surface area contributed by atoms with E-state index in [0.717, 1.165) is 17.7 Å². The number of hydrogen-bond acceptors (Lipinski definition) is 4. The van der Waals surface area contributed by atoms with Crippen LogP contribution >= 0.6 is 0 Å². The zero-order valence-electron chi connectivity index (χ0n) is 11.8. The van der Waals surface area contributed by atoms with Crippen molar-refractivity contribution in [3.8, 4) is 11.5 Å². The van der Waals surface area contributed by atoms with Crippen LogP contribution in [0.1, 0.15) is 11.5 Å². The van der Waals surface area contributed by atoms with Crippen molar-refractivity contribution in [1.82, 2.24) is 10.2 Å². The van der Waals surface area contributed by atoms with Crippen molar-refractivity contribution < 1.29 is 17.6 Å². The Morgan fingerprint density at radius 3 is 2.48 bits per heavy atom. The topological polar surface area (TPSA) is 51.0 Å². The first kappa shape index (κ1) is 15.1. The highest BCUT2D eigenvalue weighted by Crippen LogP contribution is 2.30. The van der Waals surface area contributed by atoms with E-state index in [1.807, 2.05) is 30.3 Å². The first-order valence-corrected chi connectivity index (χ1v) is 6.81. The standard InChI is InChI=1S/C16H12F3N3O/c17-16(18,19)12-7-4-8-13(9-12)20-10-14-21-22-15(23-14)11-5-2-1-3-6-11/h1-9,20H,10H2. The van der Waals surface area contributed by atoms with Crippen LogP contribution in [0.25, 0.3) is 11.5 Å². The third-order valence-corrected chi connectivity index (χ3v) is 3.12. The zero-order chi connectivity index (χ0) is 16.3. The van der Waals surface area contributed by atoms with Gasteiger partial charge in [-0.05, 0) is 30.3 Å². The Morgan fingerprint density at radius 1 is 0.957 bits per heavy atom. The maximum Gasteiger partial charge on any atom is 0.416 e. The van der Waals surface area contributed by atoms with Gasteiger partial charge >= 0.3 is 6.18 Å². The second kappa shape index (κ2) is 6.12. The monoisotopic (exact) mass is 319 g/mol. The lowest BCUT2D eigenvalue weighted by atomic mass is 10.2. The molecule has 7 heteroatoms. The first-order valence-electron chi connectivity index (χ1n) is 6.81. The quantitative estimate of drug-likeness (QED) is 0.776. The number of nitrogens with one attached hydrogen (secondary N) is 1. The Bertz CT molecular complexity index is 785. The van der Waals surface area contributed by atoms with Crippen LogP contribution in [0.15, 0.2) is 59.0 Å². The van der Waals surface area contributed by atoms with Crippen LogP contribution in [0.3, 0.4) is 0 Å². The third kappa shape index (κ3) is 3.68. The largest absolute Gasteiger partial charge is 0.419 e. The van der Waals surface area contributed by atoms with E-state index in [1.165, 1.54) is 6.07 Å². The van der Waals surface area contributed by atoms with Crippen LogP contribution < -0.4 is 5.32 Å². The molecule has 1 heterocycles. The number of aromatic nitrogens is 2. The van der Waals surface area contributed by atoms with Gasteiger partial charge in [-0.1, -0.05) is 24.3 Å². The van der Waals surface area contributed by atoms with Crippen LogP contribution in [0.4, 0.5) is 18.9 Å². The highest BCUT2D eigenvalue weighted by atomic mass is 19.4. The van der Waals surface area contributed by atoms with E-state index in [4.69, 9.17) is 4.42 Å². The van der Waals surface area contributed by atoms with E-state index < -0.39 is 11.7 Å². The van der Waals surface area contributed by atoms with Crippen molar-refractivity contribution in [3.63, 3.8) is 0 Å². The average molecular weight is 319 g/mol. The predicted molar refractivity (Wildman–Crippen MR) is 78.5 cm³/mol.